The molecule has 152 valence electrons. The molecule has 0 saturated heterocycles. The van der Waals surface area contributed by atoms with E-state index in [9.17, 15) is 13.2 Å². The molecule has 0 bridgehead atoms. The highest BCUT2D eigenvalue weighted by molar-refractivity contribution is 7.98. The molecule has 0 aliphatic heterocycles. The van der Waals surface area contributed by atoms with Gasteiger partial charge >= 0.3 is 6.18 Å². The number of hydrogen-bond donors (Lipinski definition) is 0. The van der Waals surface area contributed by atoms with Crippen LogP contribution >= 0.6 is 11.8 Å². The molecule has 1 aliphatic carbocycles. The van der Waals surface area contributed by atoms with E-state index in [0.717, 1.165) is 35.8 Å². The molecule has 1 fully saturated rings. The summed E-state index contributed by atoms with van der Waals surface area (Å²) in [5, 5.41) is 9.38. The van der Waals surface area contributed by atoms with E-state index in [-0.39, 0.29) is 0 Å². The van der Waals surface area contributed by atoms with Gasteiger partial charge < -0.3 is 4.57 Å². The highest BCUT2D eigenvalue weighted by Gasteiger charge is 2.30. The van der Waals surface area contributed by atoms with E-state index >= 15 is 0 Å². The first-order valence-electron chi connectivity index (χ1n) is 9.79. The predicted octanol–water partition coefficient (Wildman–Crippen LogP) is 6.29. The number of allylic oxidation sites excluding steroid dienone is 1. The number of halogens is 3. The molecule has 7 heteroatoms. The van der Waals surface area contributed by atoms with Crippen molar-refractivity contribution in [3.8, 4) is 0 Å². The molecule has 0 N–H and O–H groups in total. The third kappa shape index (κ3) is 5.63. The second-order valence-electron chi connectivity index (χ2n) is 7.33. The second-order valence-corrected chi connectivity index (χ2v) is 8.27. The van der Waals surface area contributed by atoms with Crippen LogP contribution in [0.1, 0.15) is 55.5 Å². The summed E-state index contributed by atoms with van der Waals surface area (Å²) in [5.74, 6) is 2.13. The molecule has 1 heterocycles. The molecule has 0 spiro atoms. The number of benzene rings is 1. The maximum absolute atomic E-state index is 12.9. The molecule has 1 saturated carbocycles. The van der Waals surface area contributed by atoms with E-state index in [0.29, 0.717) is 17.9 Å². The van der Waals surface area contributed by atoms with Gasteiger partial charge in [-0.05, 0) is 24.0 Å². The van der Waals surface area contributed by atoms with Crippen LogP contribution in [0.2, 0.25) is 0 Å². The third-order valence-corrected chi connectivity index (χ3v) is 6.27. The number of thioether (sulfide) groups is 1. The van der Waals surface area contributed by atoms with Gasteiger partial charge in [-0.15, -0.1) is 16.8 Å². The van der Waals surface area contributed by atoms with Crippen molar-refractivity contribution >= 4 is 11.8 Å². The Labute approximate surface area is 168 Å². The van der Waals surface area contributed by atoms with Gasteiger partial charge in [0.2, 0.25) is 0 Å². The van der Waals surface area contributed by atoms with Crippen LogP contribution in [0.15, 0.2) is 42.1 Å². The fraction of sp³-hybridized carbons (Fsp3) is 0.524. The van der Waals surface area contributed by atoms with Crippen LogP contribution in [-0.4, -0.2) is 14.8 Å². The molecule has 1 aromatic heterocycles. The van der Waals surface area contributed by atoms with Crippen LogP contribution in [0.25, 0.3) is 0 Å². The summed E-state index contributed by atoms with van der Waals surface area (Å²) < 4.78 is 40.7. The van der Waals surface area contributed by atoms with Crippen molar-refractivity contribution in [2.24, 2.45) is 5.92 Å². The molecular weight excluding hydrogens is 383 g/mol. The standard InChI is InChI=1S/C21H26F3N3S/c1-2-13-27-19(12-11-16-7-4-3-5-8-16)25-26-20(27)28-15-17-9-6-10-18(14-17)21(22,23)24/h2,6,9-10,14,16H,1,3-5,7-8,11-13,15H2. The normalized spacial score (nSPS) is 15.7. The predicted molar refractivity (Wildman–Crippen MR) is 106 cm³/mol. The second kappa shape index (κ2) is 9.63. The van der Waals surface area contributed by atoms with Gasteiger partial charge in [0.25, 0.3) is 0 Å². The Morgan fingerprint density at radius 1 is 1.18 bits per heavy atom. The van der Waals surface area contributed by atoms with Gasteiger partial charge in [-0.3, -0.25) is 0 Å². The molecule has 0 unspecified atom stereocenters. The lowest BCUT2D eigenvalue weighted by molar-refractivity contribution is -0.137. The van der Waals surface area contributed by atoms with Crippen molar-refractivity contribution in [2.45, 2.75) is 68.6 Å². The summed E-state index contributed by atoms with van der Waals surface area (Å²) in [6.07, 6.45) is 6.07. The Bertz CT molecular complexity index is 779. The highest BCUT2D eigenvalue weighted by atomic mass is 32.2. The number of aromatic nitrogens is 3. The number of hydrogen-bond acceptors (Lipinski definition) is 3. The zero-order chi connectivity index (χ0) is 20.0. The fourth-order valence-corrected chi connectivity index (χ4v) is 4.63. The number of aryl methyl sites for hydroxylation is 1. The van der Waals surface area contributed by atoms with Gasteiger partial charge in [0.15, 0.2) is 5.16 Å². The first-order chi connectivity index (χ1) is 13.5. The van der Waals surface area contributed by atoms with Gasteiger partial charge in [-0.25, -0.2) is 0 Å². The molecule has 0 radical (unpaired) electrons. The van der Waals surface area contributed by atoms with Crippen LogP contribution in [0, 0.1) is 5.92 Å². The molecule has 0 atom stereocenters. The summed E-state index contributed by atoms with van der Waals surface area (Å²) in [7, 11) is 0. The topological polar surface area (TPSA) is 30.7 Å². The first kappa shape index (κ1) is 21.0. The quantitative estimate of drug-likeness (QED) is 0.379. The van der Waals surface area contributed by atoms with Crippen LogP contribution in [-0.2, 0) is 24.9 Å². The number of nitrogens with zero attached hydrogens (tertiary/aromatic N) is 3. The van der Waals surface area contributed by atoms with Crippen molar-refractivity contribution in [3.63, 3.8) is 0 Å². The highest BCUT2D eigenvalue weighted by Crippen LogP contribution is 2.31. The maximum Gasteiger partial charge on any atom is 0.416 e. The zero-order valence-electron chi connectivity index (χ0n) is 15.9. The zero-order valence-corrected chi connectivity index (χ0v) is 16.7. The van der Waals surface area contributed by atoms with Crippen molar-refractivity contribution in [3.05, 3.63) is 53.9 Å². The lowest BCUT2D eigenvalue weighted by Gasteiger charge is -2.21. The van der Waals surface area contributed by atoms with Crippen LogP contribution in [0.3, 0.4) is 0 Å². The smallest absolute Gasteiger partial charge is 0.302 e. The van der Waals surface area contributed by atoms with E-state index in [4.69, 9.17) is 0 Å². The van der Waals surface area contributed by atoms with Gasteiger partial charge in [-0.1, -0.05) is 68.1 Å². The molecule has 3 nitrogen and oxygen atoms in total. The third-order valence-electron chi connectivity index (χ3n) is 5.23. The molecule has 2 aromatic rings. The molecular formula is C21H26F3N3S. The SMILES string of the molecule is C=CCn1c(CCC2CCCCC2)nnc1SCc1cccc(C(F)(F)F)c1. The minimum Gasteiger partial charge on any atom is -0.302 e. The van der Waals surface area contributed by atoms with E-state index in [1.54, 1.807) is 6.07 Å². The molecule has 1 aromatic carbocycles. The van der Waals surface area contributed by atoms with E-state index < -0.39 is 11.7 Å². The summed E-state index contributed by atoms with van der Waals surface area (Å²) in [5.41, 5.74) is 0.00284. The van der Waals surface area contributed by atoms with E-state index in [1.807, 2.05) is 10.6 Å². The average Bonchev–Trinajstić information content (AvgIpc) is 3.07. The monoisotopic (exact) mass is 409 g/mol. The molecule has 28 heavy (non-hydrogen) atoms. The first-order valence-corrected chi connectivity index (χ1v) is 10.8. The lowest BCUT2D eigenvalue weighted by atomic mass is 9.86. The van der Waals surface area contributed by atoms with Crippen LogP contribution in [0.4, 0.5) is 13.2 Å². The lowest BCUT2D eigenvalue weighted by Crippen LogP contribution is -2.10. The number of alkyl halides is 3. The van der Waals surface area contributed by atoms with Crippen molar-refractivity contribution < 1.29 is 13.2 Å². The molecule has 3 rings (SSSR count). The fourth-order valence-electron chi connectivity index (χ4n) is 3.72. The van der Waals surface area contributed by atoms with Gasteiger partial charge in [0.05, 0.1) is 5.56 Å². The molecule has 1 aliphatic rings. The summed E-state index contributed by atoms with van der Waals surface area (Å²) in [4.78, 5) is 0. The Kier molecular flexibility index (Phi) is 7.21. The minimum absolute atomic E-state index is 0.418. The summed E-state index contributed by atoms with van der Waals surface area (Å²) in [6.45, 7) is 4.42. The van der Waals surface area contributed by atoms with E-state index in [2.05, 4.69) is 16.8 Å². The van der Waals surface area contributed by atoms with Crippen LogP contribution in [0.5, 0.6) is 0 Å². The van der Waals surface area contributed by atoms with Gasteiger partial charge in [0.1, 0.15) is 5.82 Å². The minimum atomic E-state index is -4.32. The van der Waals surface area contributed by atoms with Crippen LogP contribution < -0.4 is 0 Å². The average molecular weight is 410 g/mol. The Morgan fingerprint density at radius 3 is 2.68 bits per heavy atom. The maximum atomic E-state index is 12.9. The number of rotatable bonds is 8. The van der Waals surface area contributed by atoms with Gasteiger partial charge in [-0.2, -0.15) is 13.2 Å². The summed E-state index contributed by atoms with van der Waals surface area (Å²) >= 11 is 1.42. The summed E-state index contributed by atoms with van der Waals surface area (Å²) in [6, 6.07) is 5.45. The van der Waals surface area contributed by atoms with Crippen molar-refractivity contribution in [1.29, 1.82) is 0 Å². The van der Waals surface area contributed by atoms with E-state index in [1.165, 1.54) is 56.0 Å². The van der Waals surface area contributed by atoms with Gasteiger partial charge in [0, 0.05) is 18.7 Å². The Balaban J connectivity index is 1.65. The Morgan fingerprint density at radius 2 is 1.96 bits per heavy atom. The molecule has 0 amide bonds. The van der Waals surface area contributed by atoms with Crippen molar-refractivity contribution in [2.75, 3.05) is 0 Å². The largest absolute Gasteiger partial charge is 0.416 e. The Hall–Kier alpha value is -1.76. The van der Waals surface area contributed by atoms with Crippen molar-refractivity contribution in [1.82, 2.24) is 14.8 Å².